The van der Waals surface area contributed by atoms with Gasteiger partial charge >= 0.3 is 0 Å². The molecule has 0 saturated carbocycles. The molecule has 1 atom stereocenters. The first-order valence-corrected chi connectivity index (χ1v) is 10.8. The molecule has 5 heteroatoms. The zero-order valence-corrected chi connectivity index (χ0v) is 20.5. The molecule has 0 unspecified atom stereocenters. The van der Waals surface area contributed by atoms with Crippen LogP contribution in [0.2, 0.25) is 0 Å². The number of nitrogens with one attached hydrogen (secondary N) is 1. The summed E-state index contributed by atoms with van der Waals surface area (Å²) in [4.78, 5) is 2.66. The van der Waals surface area contributed by atoms with E-state index in [1.165, 1.54) is 35.1 Å². The SMILES string of the molecule is Cc1cc([C@@H](CCC(C)C)N2CCNCC2)cc(C)c1OCc1ccccc1.Cl.Cl. The van der Waals surface area contributed by atoms with Crippen LogP contribution in [0.5, 0.6) is 5.75 Å². The quantitative estimate of drug-likeness (QED) is 0.522. The van der Waals surface area contributed by atoms with Crippen LogP contribution in [-0.4, -0.2) is 31.1 Å². The lowest BCUT2D eigenvalue weighted by molar-refractivity contribution is 0.159. The highest BCUT2D eigenvalue weighted by molar-refractivity contribution is 5.85. The molecule has 0 bridgehead atoms. The number of nitrogens with zero attached hydrogens (tertiary/aromatic N) is 1. The molecule has 30 heavy (non-hydrogen) atoms. The van der Waals surface area contributed by atoms with Gasteiger partial charge < -0.3 is 10.1 Å². The van der Waals surface area contributed by atoms with Crippen molar-refractivity contribution in [1.82, 2.24) is 10.2 Å². The number of ether oxygens (including phenoxy) is 1. The van der Waals surface area contributed by atoms with Gasteiger partial charge in [0.15, 0.2) is 0 Å². The number of piperazine rings is 1. The summed E-state index contributed by atoms with van der Waals surface area (Å²) >= 11 is 0. The smallest absolute Gasteiger partial charge is 0.125 e. The Morgan fingerprint density at radius 3 is 2.10 bits per heavy atom. The van der Waals surface area contributed by atoms with Crippen LogP contribution < -0.4 is 10.1 Å². The van der Waals surface area contributed by atoms with Crippen LogP contribution in [0, 0.1) is 19.8 Å². The van der Waals surface area contributed by atoms with Crippen LogP contribution in [0.15, 0.2) is 42.5 Å². The maximum Gasteiger partial charge on any atom is 0.125 e. The number of halogens is 2. The fraction of sp³-hybridized carbons (Fsp3) is 0.520. The molecular weight excluding hydrogens is 415 g/mol. The third kappa shape index (κ3) is 7.46. The zero-order chi connectivity index (χ0) is 19.9. The van der Waals surface area contributed by atoms with Crippen molar-refractivity contribution >= 4 is 24.8 Å². The third-order valence-corrected chi connectivity index (χ3v) is 5.70. The molecule has 3 rings (SSSR count). The van der Waals surface area contributed by atoms with Gasteiger partial charge in [-0.05, 0) is 54.9 Å². The number of benzene rings is 2. The molecule has 0 aromatic heterocycles. The maximum atomic E-state index is 6.21. The Morgan fingerprint density at radius 1 is 0.933 bits per heavy atom. The zero-order valence-electron chi connectivity index (χ0n) is 18.8. The average molecular weight is 453 g/mol. The number of hydrogen-bond donors (Lipinski definition) is 1. The van der Waals surface area contributed by atoms with Crippen molar-refractivity contribution in [2.45, 2.75) is 53.2 Å². The Kier molecular flexibility index (Phi) is 11.8. The molecule has 0 amide bonds. The van der Waals surface area contributed by atoms with Crippen LogP contribution in [0.3, 0.4) is 0 Å². The highest BCUT2D eigenvalue weighted by atomic mass is 35.5. The van der Waals surface area contributed by atoms with Crippen LogP contribution in [0.1, 0.15) is 55.0 Å². The summed E-state index contributed by atoms with van der Waals surface area (Å²) < 4.78 is 6.21. The lowest BCUT2D eigenvalue weighted by Gasteiger charge is -2.36. The van der Waals surface area contributed by atoms with E-state index in [0.29, 0.717) is 12.6 Å². The molecule has 1 aliphatic rings. The summed E-state index contributed by atoms with van der Waals surface area (Å²) in [7, 11) is 0. The van der Waals surface area contributed by atoms with Crippen molar-refractivity contribution in [3.8, 4) is 5.75 Å². The van der Waals surface area contributed by atoms with Crippen LogP contribution in [0.4, 0.5) is 0 Å². The minimum Gasteiger partial charge on any atom is -0.488 e. The monoisotopic (exact) mass is 452 g/mol. The largest absolute Gasteiger partial charge is 0.488 e. The summed E-state index contributed by atoms with van der Waals surface area (Å²) in [6, 6.07) is 15.6. The van der Waals surface area contributed by atoms with Gasteiger partial charge in [-0.1, -0.05) is 56.3 Å². The topological polar surface area (TPSA) is 24.5 Å². The van der Waals surface area contributed by atoms with E-state index in [0.717, 1.165) is 37.8 Å². The standard InChI is InChI=1S/C25H36N2O.2ClH/c1-19(2)10-11-24(27-14-12-26-13-15-27)23-16-20(3)25(21(4)17-23)28-18-22-8-6-5-7-9-22;;/h5-9,16-17,19,24,26H,10-15,18H2,1-4H3;2*1H/t24-;;/m1../s1. The first kappa shape index (κ1) is 26.8. The van der Waals surface area contributed by atoms with Gasteiger partial charge in [0.05, 0.1) is 0 Å². The number of hydrogen-bond acceptors (Lipinski definition) is 3. The molecule has 0 spiro atoms. The van der Waals surface area contributed by atoms with E-state index in [4.69, 9.17) is 4.74 Å². The predicted molar refractivity (Wildman–Crippen MR) is 132 cm³/mol. The van der Waals surface area contributed by atoms with E-state index in [1.54, 1.807) is 0 Å². The van der Waals surface area contributed by atoms with Gasteiger partial charge in [0.1, 0.15) is 12.4 Å². The molecular formula is C25H38Cl2N2O. The molecule has 1 N–H and O–H groups in total. The van der Waals surface area contributed by atoms with E-state index < -0.39 is 0 Å². The van der Waals surface area contributed by atoms with Gasteiger partial charge in [0.25, 0.3) is 0 Å². The fourth-order valence-corrected chi connectivity index (χ4v) is 4.18. The summed E-state index contributed by atoms with van der Waals surface area (Å²) in [6.07, 6.45) is 2.49. The van der Waals surface area contributed by atoms with Gasteiger partial charge in [-0.25, -0.2) is 0 Å². The third-order valence-electron chi connectivity index (χ3n) is 5.70. The lowest BCUT2D eigenvalue weighted by atomic mass is 9.93. The lowest BCUT2D eigenvalue weighted by Crippen LogP contribution is -2.45. The summed E-state index contributed by atoms with van der Waals surface area (Å²) in [5.74, 6) is 1.77. The van der Waals surface area contributed by atoms with Crippen molar-refractivity contribution in [2.24, 2.45) is 5.92 Å². The fourth-order valence-electron chi connectivity index (χ4n) is 4.18. The second-order valence-corrected chi connectivity index (χ2v) is 8.53. The maximum absolute atomic E-state index is 6.21. The van der Waals surface area contributed by atoms with Gasteiger partial charge in [0.2, 0.25) is 0 Å². The summed E-state index contributed by atoms with van der Waals surface area (Å²) in [5.41, 5.74) is 5.15. The second kappa shape index (κ2) is 13.2. The van der Waals surface area contributed by atoms with Crippen molar-refractivity contribution in [3.63, 3.8) is 0 Å². The Labute approximate surface area is 195 Å². The van der Waals surface area contributed by atoms with Gasteiger partial charge in [0, 0.05) is 32.2 Å². The minimum absolute atomic E-state index is 0. The predicted octanol–water partition coefficient (Wildman–Crippen LogP) is 6.11. The Balaban J connectivity index is 0.00000225. The normalized spacial score (nSPS) is 15.2. The van der Waals surface area contributed by atoms with Gasteiger partial charge in [-0.15, -0.1) is 24.8 Å². The number of aryl methyl sites for hydroxylation is 2. The molecule has 1 fully saturated rings. The molecule has 1 saturated heterocycles. The average Bonchev–Trinajstić information content (AvgIpc) is 2.69. The highest BCUT2D eigenvalue weighted by Crippen LogP contribution is 2.33. The molecule has 3 nitrogen and oxygen atoms in total. The van der Waals surface area contributed by atoms with Crippen LogP contribution >= 0.6 is 24.8 Å². The molecule has 2 aromatic carbocycles. The Bertz CT molecular complexity index is 723. The molecule has 168 valence electrons. The van der Waals surface area contributed by atoms with E-state index in [-0.39, 0.29) is 24.8 Å². The van der Waals surface area contributed by atoms with E-state index in [1.807, 2.05) is 6.07 Å². The van der Waals surface area contributed by atoms with Gasteiger partial charge in [-0.3, -0.25) is 4.90 Å². The molecule has 1 aliphatic heterocycles. The highest BCUT2D eigenvalue weighted by Gasteiger charge is 2.23. The minimum atomic E-state index is 0. The van der Waals surface area contributed by atoms with Gasteiger partial charge in [-0.2, -0.15) is 0 Å². The molecule has 0 aliphatic carbocycles. The second-order valence-electron chi connectivity index (χ2n) is 8.53. The molecule has 0 radical (unpaired) electrons. The van der Waals surface area contributed by atoms with Crippen molar-refractivity contribution < 1.29 is 4.74 Å². The van der Waals surface area contributed by atoms with Crippen LogP contribution in [-0.2, 0) is 6.61 Å². The van der Waals surface area contributed by atoms with Crippen molar-refractivity contribution in [3.05, 3.63) is 64.7 Å². The first-order chi connectivity index (χ1) is 13.5. The summed E-state index contributed by atoms with van der Waals surface area (Å²) in [6.45, 7) is 14.1. The Morgan fingerprint density at radius 2 is 1.53 bits per heavy atom. The molecule has 1 heterocycles. The van der Waals surface area contributed by atoms with Crippen molar-refractivity contribution in [2.75, 3.05) is 26.2 Å². The van der Waals surface area contributed by atoms with Crippen molar-refractivity contribution in [1.29, 1.82) is 0 Å². The van der Waals surface area contributed by atoms with E-state index in [2.05, 4.69) is 74.3 Å². The molecule has 2 aromatic rings. The number of rotatable bonds is 8. The van der Waals surface area contributed by atoms with E-state index >= 15 is 0 Å². The Hall–Kier alpha value is -1.26. The first-order valence-electron chi connectivity index (χ1n) is 10.8. The summed E-state index contributed by atoms with van der Waals surface area (Å²) in [5, 5.41) is 3.49. The van der Waals surface area contributed by atoms with Crippen LogP contribution in [0.25, 0.3) is 0 Å². The van der Waals surface area contributed by atoms with E-state index in [9.17, 15) is 0 Å².